The number of carbonyl (C=O) groups excluding carboxylic acids is 1. The number of ketones is 1. The van der Waals surface area contributed by atoms with Gasteiger partial charge in [-0.3, -0.25) is 4.79 Å². The molecule has 0 aromatic heterocycles. The Kier molecular flexibility index (Phi) is 5.05. The van der Waals surface area contributed by atoms with Crippen molar-refractivity contribution >= 4 is 19.7 Å². The molecule has 0 aliphatic heterocycles. The number of rotatable bonds is 5. The summed E-state index contributed by atoms with van der Waals surface area (Å²) >= 11 is 0. The Bertz CT molecular complexity index is 231. The van der Waals surface area contributed by atoms with E-state index in [0.717, 1.165) is 12.8 Å². The lowest BCUT2D eigenvalue weighted by Crippen LogP contribution is -2.40. The normalized spacial score (nSPS) is 12.9. The Morgan fingerprint density at radius 2 is 1.86 bits per heavy atom. The van der Waals surface area contributed by atoms with E-state index in [4.69, 9.17) is 0 Å². The van der Waals surface area contributed by atoms with Crippen LogP contribution in [0.5, 0.6) is 0 Å². The molecule has 0 N–H and O–H groups in total. The van der Waals surface area contributed by atoms with Gasteiger partial charge >= 0.3 is 0 Å². The number of hydrogen-bond acceptors (Lipinski definition) is 3. The standard InChI is InChI=1S/C10H22N2OSi/c1-7-8-10(9(2)13)11-12(3)14(4,5)6/h7-8H2,1-6H3/b11-10+. The van der Waals surface area contributed by atoms with Crippen molar-refractivity contribution in [1.82, 2.24) is 4.67 Å². The van der Waals surface area contributed by atoms with Crippen LogP contribution in [0.25, 0.3) is 0 Å². The molecular formula is C10H22N2OSi. The third-order valence-corrected chi connectivity index (χ3v) is 4.18. The summed E-state index contributed by atoms with van der Waals surface area (Å²) in [4.78, 5) is 11.3. The van der Waals surface area contributed by atoms with Gasteiger partial charge in [-0.2, -0.15) is 5.10 Å². The summed E-state index contributed by atoms with van der Waals surface area (Å²) in [5.41, 5.74) is 0.706. The molecule has 0 spiro atoms. The molecule has 3 nitrogen and oxygen atoms in total. The van der Waals surface area contributed by atoms with E-state index in [0.29, 0.717) is 5.71 Å². The van der Waals surface area contributed by atoms with Crippen molar-refractivity contribution in [2.24, 2.45) is 5.10 Å². The molecule has 0 unspecified atom stereocenters. The molecule has 0 heterocycles. The van der Waals surface area contributed by atoms with Crippen molar-refractivity contribution in [1.29, 1.82) is 0 Å². The Morgan fingerprint density at radius 3 is 2.14 bits per heavy atom. The van der Waals surface area contributed by atoms with Crippen molar-refractivity contribution in [2.45, 2.75) is 46.3 Å². The van der Waals surface area contributed by atoms with Crippen molar-refractivity contribution in [3.8, 4) is 0 Å². The van der Waals surface area contributed by atoms with E-state index in [9.17, 15) is 4.79 Å². The second-order valence-electron chi connectivity index (χ2n) is 4.55. The number of Topliss-reactive ketones (excluding diaryl/α,β-unsaturated/α-hetero) is 1. The van der Waals surface area contributed by atoms with E-state index in [2.05, 4.69) is 31.7 Å². The van der Waals surface area contributed by atoms with E-state index in [-0.39, 0.29) is 5.78 Å². The second kappa shape index (κ2) is 5.29. The van der Waals surface area contributed by atoms with Crippen molar-refractivity contribution in [3.05, 3.63) is 0 Å². The monoisotopic (exact) mass is 214 g/mol. The average molecular weight is 214 g/mol. The maximum Gasteiger partial charge on any atom is 0.175 e. The SMILES string of the molecule is CCC/C(=N\N(C)[Si](C)(C)C)C(C)=O. The summed E-state index contributed by atoms with van der Waals surface area (Å²) in [6, 6.07) is 0. The lowest BCUT2D eigenvalue weighted by molar-refractivity contribution is -0.111. The summed E-state index contributed by atoms with van der Waals surface area (Å²) in [6.07, 6.45) is 1.75. The minimum Gasteiger partial charge on any atom is -0.327 e. The minimum absolute atomic E-state index is 0.0944. The van der Waals surface area contributed by atoms with Crippen LogP contribution in [0.3, 0.4) is 0 Å². The third-order valence-electron chi connectivity index (χ3n) is 2.13. The molecule has 0 bridgehead atoms. The highest BCUT2D eigenvalue weighted by Gasteiger charge is 2.20. The maximum atomic E-state index is 11.3. The first-order valence-electron chi connectivity index (χ1n) is 5.11. The minimum atomic E-state index is -1.40. The van der Waals surface area contributed by atoms with Crippen LogP contribution in [0, 0.1) is 0 Å². The fraction of sp³-hybridized carbons (Fsp3) is 0.800. The van der Waals surface area contributed by atoms with Crippen LogP contribution in [0.15, 0.2) is 5.10 Å². The molecular weight excluding hydrogens is 192 g/mol. The first-order valence-corrected chi connectivity index (χ1v) is 8.56. The van der Waals surface area contributed by atoms with Crippen LogP contribution in [0.4, 0.5) is 0 Å². The lowest BCUT2D eigenvalue weighted by Gasteiger charge is -2.27. The molecule has 0 radical (unpaired) electrons. The smallest absolute Gasteiger partial charge is 0.175 e. The third kappa shape index (κ3) is 4.55. The van der Waals surface area contributed by atoms with Gasteiger partial charge in [-0.1, -0.05) is 33.0 Å². The van der Waals surface area contributed by atoms with Crippen LogP contribution >= 0.6 is 0 Å². The summed E-state index contributed by atoms with van der Waals surface area (Å²) < 4.78 is 1.99. The van der Waals surface area contributed by atoms with Gasteiger partial charge in [0.05, 0.1) is 0 Å². The predicted octanol–water partition coefficient (Wildman–Crippen LogP) is 2.50. The van der Waals surface area contributed by atoms with Crippen LogP contribution in [0.2, 0.25) is 19.6 Å². The van der Waals surface area contributed by atoms with Gasteiger partial charge in [-0.25, -0.2) is 0 Å². The number of nitrogens with zero attached hydrogens (tertiary/aromatic N) is 2. The van der Waals surface area contributed by atoms with Crippen LogP contribution in [0.1, 0.15) is 26.7 Å². The van der Waals surface area contributed by atoms with Gasteiger partial charge in [0.15, 0.2) is 14.0 Å². The molecule has 0 fully saturated rings. The van der Waals surface area contributed by atoms with E-state index in [1.54, 1.807) is 6.92 Å². The van der Waals surface area contributed by atoms with Gasteiger partial charge in [0, 0.05) is 14.0 Å². The molecule has 0 aromatic rings. The van der Waals surface area contributed by atoms with Crippen LogP contribution < -0.4 is 0 Å². The molecule has 4 heteroatoms. The summed E-state index contributed by atoms with van der Waals surface area (Å²) in [6.45, 7) is 10.3. The van der Waals surface area contributed by atoms with E-state index in [1.807, 2.05) is 11.7 Å². The van der Waals surface area contributed by atoms with Crippen LogP contribution in [-0.2, 0) is 4.79 Å². The highest BCUT2D eigenvalue weighted by atomic mass is 28.3. The van der Waals surface area contributed by atoms with Crippen molar-refractivity contribution < 1.29 is 4.79 Å². The number of hydrazone groups is 1. The first-order chi connectivity index (χ1) is 6.29. The Morgan fingerprint density at radius 1 is 1.36 bits per heavy atom. The molecule has 0 atom stereocenters. The Balaban J connectivity index is 4.65. The summed E-state index contributed by atoms with van der Waals surface area (Å²) in [7, 11) is 0.558. The zero-order chi connectivity index (χ0) is 11.4. The zero-order valence-corrected chi connectivity index (χ0v) is 11.2. The highest BCUT2D eigenvalue weighted by molar-refractivity contribution is 6.73. The molecule has 0 aromatic carbocycles. The topological polar surface area (TPSA) is 32.7 Å². The molecule has 0 saturated heterocycles. The Hall–Kier alpha value is -0.643. The van der Waals surface area contributed by atoms with Gasteiger partial charge in [-0.15, -0.1) is 0 Å². The van der Waals surface area contributed by atoms with Crippen LogP contribution in [-0.4, -0.2) is 31.5 Å². The van der Waals surface area contributed by atoms with Crippen molar-refractivity contribution in [2.75, 3.05) is 7.05 Å². The first kappa shape index (κ1) is 13.4. The molecule has 0 aliphatic rings. The maximum absolute atomic E-state index is 11.3. The summed E-state index contributed by atoms with van der Waals surface area (Å²) in [5.74, 6) is 0.0944. The van der Waals surface area contributed by atoms with E-state index in [1.165, 1.54) is 0 Å². The van der Waals surface area contributed by atoms with Gasteiger partial charge < -0.3 is 4.67 Å². The summed E-state index contributed by atoms with van der Waals surface area (Å²) in [5, 5.41) is 4.40. The van der Waals surface area contributed by atoms with Gasteiger partial charge in [0.25, 0.3) is 0 Å². The van der Waals surface area contributed by atoms with Gasteiger partial charge in [0.1, 0.15) is 5.71 Å². The van der Waals surface area contributed by atoms with Crippen molar-refractivity contribution in [3.63, 3.8) is 0 Å². The molecule has 14 heavy (non-hydrogen) atoms. The highest BCUT2D eigenvalue weighted by Crippen LogP contribution is 2.08. The van der Waals surface area contributed by atoms with E-state index < -0.39 is 8.24 Å². The largest absolute Gasteiger partial charge is 0.327 e. The molecule has 0 amide bonds. The van der Waals surface area contributed by atoms with E-state index >= 15 is 0 Å². The van der Waals surface area contributed by atoms with Gasteiger partial charge in [-0.05, 0) is 6.42 Å². The average Bonchev–Trinajstić information content (AvgIpc) is 2.01. The molecule has 0 aliphatic carbocycles. The quantitative estimate of drug-likeness (QED) is 0.400. The van der Waals surface area contributed by atoms with Gasteiger partial charge in [0.2, 0.25) is 0 Å². The zero-order valence-electron chi connectivity index (χ0n) is 10.2. The predicted molar refractivity (Wildman–Crippen MR) is 64.1 cm³/mol. The molecule has 0 saturated carbocycles. The molecule has 0 rings (SSSR count). The molecule has 82 valence electrons. The number of hydrogen-bond donors (Lipinski definition) is 0. The number of carbonyl (C=O) groups is 1. The Labute approximate surface area is 88.3 Å². The lowest BCUT2D eigenvalue weighted by atomic mass is 10.2. The second-order valence-corrected chi connectivity index (χ2v) is 9.54. The fourth-order valence-electron chi connectivity index (χ4n) is 0.864. The fourth-order valence-corrected chi connectivity index (χ4v) is 1.29.